The molecule has 0 atom stereocenters. The van der Waals surface area contributed by atoms with Crippen molar-refractivity contribution in [2.24, 2.45) is 5.92 Å². The lowest BCUT2D eigenvalue weighted by atomic mass is 9.96. The number of amides is 1. The number of methoxy groups -OCH3 is 1. The SMILES string of the molecule is COCCC(=O)N(C)CC1CCN(CCc2cccc(F)c2)CC1. The van der Waals surface area contributed by atoms with Gasteiger partial charge in [0.1, 0.15) is 5.82 Å². The predicted molar refractivity (Wildman–Crippen MR) is 93.4 cm³/mol. The highest BCUT2D eigenvalue weighted by atomic mass is 19.1. The van der Waals surface area contributed by atoms with Crippen LogP contribution in [-0.4, -0.2) is 62.7 Å². The highest BCUT2D eigenvalue weighted by Crippen LogP contribution is 2.19. The smallest absolute Gasteiger partial charge is 0.224 e. The number of ether oxygens (including phenoxy) is 1. The Bertz CT molecular complexity index is 516. The molecule has 1 amide bonds. The third-order valence-corrected chi connectivity index (χ3v) is 4.79. The first kappa shape index (κ1) is 18.9. The zero-order valence-electron chi connectivity index (χ0n) is 14.8. The van der Waals surface area contributed by atoms with Crippen molar-refractivity contribution in [1.82, 2.24) is 9.80 Å². The molecule has 1 aromatic carbocycles. The Hall–Kier alpha value is -1.46. The van der Waals surface area contributed by atoms with Crippen molar-refractivity contribution in [2.45, 2.75) is 25.7 Å². The number of hydrogen-bond donors (Lipinski definition) is 0. The Morgan fingerprint density at radius 3 is 2.79 bits per heavy atom. The van der Waals surface area contributed by atoms with Gasteiger partial charge in [0.15, 0.2) is 0 Å². The summed E-state index contributed by atoms with van der Waals surface area (Å²) in [7, 11) is 3.50. The Kier molecular flexibility index (Phi) is 7.66. The van der Waals surface area contributed by atoms with E-state index in [0.717, 1.165) is 51.0 Å². The fraction of sp³-hybridized carbons (Fsp3) is 0.632. The van der Waals surface area contributed by atoms with Gasteiger partial charge in [-0.3, -0.25) is 4.79 Å². The van der Waals surface area contributed by atoms with Crippen LogP contribution in [0.1, 0.15) is 24.8 Å². The summed E-state index contributed by atoms with van der Waals surface area (Å²) in [6, 6.07) is 6.86. The van der Waals surface area contributed by atoms with Crippen LogP contribution in [-0.2, 0) is 16.0 Å². The van der Waals surface area contributed by atoms with Crippen molar-refractivity contribution >= 4 is 5.91 Å². The first-order valence-electron chi connectivity index (χ1n) is 8.78. The van der Waals surface area contributed by atoms with E-state index in [-0.39, 0.29) is 11.7 Å². The van der Waals surface area contributed by atoms with Crippen LogP contribution in [0.4, 0.5) is 4.39 Å². The molecule has 1 heterocycles. The maximum absolute atomic E-state index is 13.2. The van der Waals surface area contributed by atoms with Crippen LogP contribution in [0.5, 0.6) is 0 Å². The molecule has 0 aliphatic carbocycles. The molecular formula is C19H29FN2O2. The minimum Gasteiger partial charge on any atom is -0.384 e. The second-order valence-corrected chi connectivity index (χ2v) is 6.68. The van der Waals surface area contributed by atoms with Gasteiger partial charge in [-0.15, -0.1) is 0 Å². The molecular weight excluding hydrogens is 307 g/mol. The van der Waals surface area contributed by atoms with E-state index < -0.39 is 0 Å². The third-order valence-electron chi connectivity index (χ3n) is 4.79. The normalized spacial score (nSPS) is 16.3. The Labute approximate surface area is 144 Å². The molecule has 5 heteroatoms. The minimum atomic E-state index is -0.160. The first-order chi connectivity index (χ1) is 11.6. The van der Waals surface area contributed by atoms with Crippen LogP contribution in [0.2, 0.25) is 0 Å². The Balaban J connectivity index is 1.66. The average Bonchev–Trinajstić information content (AvgIpc) is 2.59. The predicted octanol–water partition coefficient (Wildman–Crippen LogP) is 2.58. The number of carbonyl (C=O) groups excluding carboxylic acids is 1. The number of piperidine rings is 1. The van der Waals surface area contributed by atoms with E-state index in [1.54, 1.807) is 19.2 Å². The van der Waals surface area contributed by atoms with Gasteiger partial charge in [0.2, 0.25) is 5.91 Å². The van der Waals surface area contributed by atoms with Crippen LogP contribution >= 0.6 is 0 Å². The summed E-state index contributed by atoms with van der Waals surface area (Å²) in [4.78, 5) is 16.2. The van der Waals surface area contributed by atoms with Gasteiger partial charge in [-0.1, -0.05) is 12.1 Å². The van der Waals surface area contributed by atoms with Crippen molar-refractivity contribution in [2.75, 3.05) is 46.9 Å². The number of benzene rings is 1. The molecule has 1 fully saturated rings. The van der Waals surface area contributed by atoms with E-state index in [4.69, 9.17) is 4.74 Å². The number of hydrogen-bond acceptors (Lipinski definition) is 3. The molecule has 1 aliphatic rings. The largest absolute Gasteiger partial charge is 0.384 e. The monoisotopic (exact) mass is 336 g/mol. The summed E-state index contributed by atoms with van der Waals surface area (Å²) in [5, 5.41) is 0. The van der Waals surface area contributed by atoms with Crippen molar-refractivity contribution < 1.29 is 13.9 Å². The average molecular weight is 336 g/mol. The number of likely N-dealkylation sites (tertiary alicyclic amines) is 1. The van der Waals surface area contributed by atoms with Crippen molar-refractivity contribution in [3.05, 3.63) is 35.6 Å². The molecule has 0 saturated carbocycles. The Morgan fingerprint density at radius 1 is 1.38 bits per heavy atom. The van der Waals surface area contributed by atoms with Crippen LogP contribution in [0.15, 0.2) is 24.3 Å². The van der Waals surface area contributed by atoms with Gasteiger partial charge in [-0.2, -0.15) is 0 Å². The minimum absolute atomic E-state index is 0.158. The maximum Gasteiger partial charge on any atom is 0.224 e. The molecule has 4 nitrogen and oxygen atoms in total. The van der Waals surface area contributed by atoms with Crippen LogP contribution in [0, 0.1) is 11.7 Å². The van der Waals surface area contributed by atoms with Gasteiger partial charge in [0.05, 0.1) is 13.0 Å². The summed E-state index contributed by atoms with van der Waals surface area (Å²) in [5.74, 6) is 0.574. The number of carbonyl (C=O) groups is 1. The van der Waals surface area contributed by atoms with E-state index in [1.165, 1.54) is 6.07 Å². The lowest BCUT2D eigenvalue weighted by molar-refractivity contribution is -0.131. The first-order valence-corrected chi connectivity index (χ1v) is 8.78. The standard InChI is InChI=1S/C19H29FN2O2/c1-21(19(23)9-13-24-2)15-17-7-11-22(12-8-17)10-6-16-4-3-5-18(20)14-16/h3-5,14,17H,6-13,15H2,1-2H3. The van der Waals surface area contributed by atoms with Crippen molar-refractivity contribution in [3.8, 4) is 0 Å². The molecule has 1 saturated heterocycles. The quantitative estimate of drug-likeness (QED) is 0.731. The fourth-order valence-electron chi connectivity index (χ4n) is 3.24. The molecule has 2 rings (SSSR count). The summed E-state index contributed by atoms with van der Waals surface area (Å²) >= 11 is 0. The molecule has 1 aromatic rings. The van der Waals surface area contributed by atoms with E-state index >= 15 is 0 Å². The summed E-state index contributed by atoms with van der Waals surface area (Å²) in [6.45, 7) is 4.40. The second kappa shape index (κ2) is 9.74. The van der Waals surface area contributed by atoms with Gasteiger partial charge in [-0.05, 0) is 56.0 Å². The molecule has 0 radical (unpaired) electrons. The summed E-state index contributed by atoms with van der Waals surface area (Å²) in [5.41, 5.74) is 1.06. The lowest BCUT2D eigenvalue weighted by Crippen LogP contribution is -2.40. The number of nitrogens with zero attached hydrogens (tertiary/aromatic N) is 2. The van der Waals surface area contributed by atoms with Gasteiger partial charge in [-0.25, -0.2) is 4.39 Å². The topological polar surface area (TPSA) is 32.8 Å². The van der Waals surface area contributed by atoms with Crippen LogP contribution in [0.25, 0.3) is 0 Å². The van der Waals surface area contributed by atoms with Crippen molar-refractivity contribution in [3.63, 3.8) is 0 Å². The molecule has 0 N–H and O–H groups in total. The van der Waals surface area contributed by atoms with Crippen LogP contribution in [0.3, 0.4) is 0 Å². The third kappa shape index (κ3) is 6.21. The van der Waals surface area contributed by atoms with E-state index in [2.05, 4.69) is 4.90 Å². The lowest BCUT2D eigenvalue weighted by Gasteiger charge is -2.34. The van der Waals surface area contributed by atoms with Gasteiger partial charge < -0.3 is 14.5 Å². The molecule has 1 aliphatic heterocycles. The molecule has 0 bridgehead atoms. The fourth-order valence-corrected chi connectivity index (χ4v) is 3.24. The molecule has 24 heavy (non-hydrogen) atoms. The number of halogens is 1. The Morgan fingerprint density at radius 2 is 2.12 bits per heavy atom. The van der Waals surface area contributed by atoms with Gasteiger partial charge >= 0.3 is 0 Å². The zero-order valence-corrected chi connectivity index (χ0v) is 14.8. The van der Waals surface area contributed by atoms with Gasteiger partial charge in [0.25, 0.3) is 0 Å². The van der Waals surface area contributed by atoms with E-state index in [0.29, 0.717) is 18.9 Å². The summed E-state index contributed by atoms with van der Waals surface area (Å²) in [6.07, 6.45) is 3.58. The molecule has 0 spiro atoms. The highest BCUT2D eigenvalue weighted by Gasteiger charge is 2.21. The van der Waals surface area contributed by atoms with E-state index in [1.807, 2.05) is 18.0 Å². The number of rotatable bonds is 8. The van der Waals surface area contributed by atoms with E-state index in [9.17, 15) is 9.18 Å². The second-order valence-electron chi connectivity index (χ2n) is 6.68. The molecule has 0 aromatic heterocycles. The zero-order chi connectivity index (χ0) is 17.4. The van der Waals surface area contributed by atoms with Crippen molar-refractivity contribution in [1.29, 1.82) is 0 Å². The van der Waals surface area contributed by atoms with Crippen LogP contribution < -0.4 is 0 Å². The molecule has 134 valence electrons. The highest BCUT2D eigenvalue weighted by molar-refractivity contribution is 5.75. The molecule has 0 unspecified atom stereocenters. The summed E-state index contributed by atoms with van der Waals surface area (Å²) < 4.78 is 18.2. The van der Waals surface area contributed by atoms with Gasteiger partial charge in [0, 0.05) is 27.2 Å². The maximum atomic E-state index is 13.2.